The molecule has 2 aromatic rings. The monoisotopic (exact) mass is 338 g/mol. The molecular weight excluding hydrogens is 320 g/mol. The van der Waals surface area contributed by atoms with Crippen molar-refractivity contribution in [3.8, 4) is 5.75 Å². The van der Waals surface area contributed by atoms with Gasteiger partial charge in [0.25, 0.3) is 0 Å². The number of benzene rings is 1. The predicted molar refractivity (Wildman–Crippen MR) is 82.3 cm³/mol. The van der Waals surface area contributed by atoms with Crippen LogP contribution in [0.3, 0.4) is 0 Å². The lowest BCUT2D eigenvalue weighted by atomic mass is 10.0. The molecule has 0 saturated heterocycles. The summed E-state index contributed by atoms with van der Waals surface area (Å²) >= 11 is 3.56. The molecule has 1 unspecified atom stereocenters. The van der Waals surface area contributed by atoms with Crippen LogP contribution in [0.1, 0.15) is 23.9 Å². The Labute approximate surface area is 127 Å². The number of nitrogens with zero attached hydrogens (tertiary/aromatic N) is 2. The van der Waals surface area contributed by atoms with Crippen molar-refractivity contribution in [2.75, 3.05) is 7.11 Å². The van der Waals surface area contributed by atoms with Crippen molar-refractivity contribution in [3.05, 3.63) is 46.5 Å². The number of nitrogens with one attached hydrogen (secondary N) is 1. The van der Waals surface area contributed by atoms with Gasteiger partial charge in [-0.1, -0.05) is 15.9 Å². The second kappa shape index (κ2) is 6.88. The number of imidazole rings is 1. The van der Waals surface area contributed by atoms with Gasteiger partial charge in [0.1, 0.15) is 11.6 Å². The highest BCUT2D eigenvalue weighted by molar-refractivity contribution is 9.10. The highest BCUT2D eigenvalue weighted by Crippen LogP contribution is 2.29. The van der Waals surface area contributed by atoms with Crippen molar-refractivity contribution in [1.82, 2.24) is 15.0 Å². The molecule has 0 aliphatic heterocycles. The van der Waals surface area contributed by atoms with Crippen LogP contribution in [0, 0.1) is 0 Å². The first kappa shape index (κ1) is 15.0. The first-order valence-corrected chi connectivity index (χ1v) is 7.20. The fourth-order valence-electron chi connectivity index (χ4n) is 2.16. The molecule has 5 nitrogen and oxygen atoms in total. The Morgan fingerprint density at radius 2 is 2.30 bits per heavy atom. The third-order valence-corrected chi connectivity index (χ3v) is 4.08. The SMILES string of the molecule is COc1ccc(Br)c(C(CCc2nccn2C)NN)c1. The summed E-state index contributed by atoms with van der Waals surface area (Å²) in [4.78, 5) is 4.33. The average Bonchev–Trinajstić information content (AvgIpc) is 2.87. The maximum atomic E-state index is 5.70. The standard InChI is InChI=1S/C14H19BrN4O/c1-19-8-7-17-14(19)6-5-13(18-16)11-9-10(20-2)3-4-12(11)15/h3-4,7-9,13,18H,5-6,16H2,1-2H3. The zero-order chi connectivity index (χ0) is 14.5. The van der Waals surface area contributed by atoms with Crippen LogP contribution in [-0.2, 0) is 13.5 Å². The van der Waals surface area contributed by atoms with Crippen LogP contribution >= 0.6 is 15.9 Å². The van der Waals surface area contributed by atoms with Gasteiger partial charge >= 0.3 is 0 Å². The third kappa shape index (κ3) is 3.39. The summed E-state index contributed by atoms with van der Waals surface area (Å²) in [6.45, 7) is 0. The summed E-state index contributed by atoms with van der Waals surface area (Å²) in [6.07, 6.45) is 5.46. The lowest BCUT2D eigenvalue weighted by molar-refractivity contribution is 0.412. The fourth-order valence-corrected chi connectivity index (χ4v) is 2.68. The van der Waals surface area contributed by atoms with E-state index in [2.05, 4.69) is 26.3 Å². The summed E-state index contributed by atoms with van der Waals surface area (Å²) in [5.74, 6) is 7.57. The molecule has 0 bridgehead atoms. The minimum absolute atomic E-state index is 0.0381. The Hall–Kier alpha value is -1.37. The molecule has 1 aromatic carbocycles. The van der Waals surface area contributed by atoms with Crippen LogP contribution in [0.5, 0.6) is 5.75 Å². The second-order valence-corrected chi connectivity index (χ2v) is 5.45. The summed E-state index contributed by atoms with van der Waals surface area (Å²) in [5, 5.41) is 0. The van der Waals surface area contributed by atoms with Crippen molar-refractivity contribution >= 4 is 15.9 Å². The van der Waals surface area contributed by atoms with Crippen LogP contribution in [0.25, 0.3) is 0 Å². The first-order chi connectivity index (χ1) is 9.65. The Morgan fingerprint density at radius 1 is 1.50 bits per heavy atom. The number of ether oxygens (including phenoxy) is 1. The summed E-state index contributed by atoms with van der Waals surface area (Å²) in [7, 11) is 3.65. The number of methoxy groups -OCH3 is 1. The van der Waals surface area contributed by atoms with E-state index in [4.69, 9.17) is 10.6 Å². The molecule has 2 rings (SSSR count). The number of rotatable bonds is 6. The van der Waals surface area contributed by atoms with E-state index in [0.29, 0.717) is 0 Å². The molecule has 0 amide bonds. The molecule has 20 heavy (non-hydrogen) atoms. The molecule has 0 radical (unpaired) electrons. The van der Waals surface area contributed by atoms with Crippen molar-refractivity contribution in [3.63, 3.8) is 0 Å². The molecule has 1 aromatic heterocycles. The second-order valence-electron chi connectivity index (χ2n) is 4.60. The van der Waals surface area contributed by atoms with E-state index in [-0.39, 0.29) is 6.04 Å². The lowest BCUT2D eigenvalue weighted by Gasteiger charge is -2.18. The summed E-state index contributed by atoms with van der Waals surface area (Å²) in [5.41, 5.74) is 3.95. The van der Waals surface area contributed by atoms with Gasteiger partial charge in [0, 0.05) is 36.4 Å². The molecule has 0 spiro atoms. The van der Waals surface area contributed by atoms with Crippen LogP contribution in [0.4, 0.5) is 0 Å². The maximum absolute atomic E-state index is 5.70. The maximum Gasteiger partial charge on any atom is 0.119 e. The number of hydrogen-bond donors (Lipinski definition) is 2. The van der Waals surface area contributed by atoms with E-state index < -0.39 is 0 Å². The lowest BCUT2D eigenvalue weighted by Crippen LogP contribution is -2.29. The van der Waals surface area contributed by atoms with Gasteiger partial charge in [-0.05, 0) is 30.2 Å². The van der Waals surface area contributed by atoms with Crippen LogP contribution < -0.4 is 16.0 Å². The number of nitrogens with two attached hydrogens (primary N) is 1. The van der Waals surface area contributed by atoms with Gasteiger partial charge in [-0.2, -0.15) is 0 Å². The van der Waals surface area contributed by atoms with Crippen LogP contribution in [0.15, 0.2) is 35.1 Å². The smallest absolute Gasteiger partial charge is 0.119 e. The van der Waals surface area contributed by atoms with Gasteiger partial charge in [0.05, 0.1) is 7.11 Å². The third-order valence-electron chi connectivity index (χ3n) is 3.36. The highest BCUT2D eigenvalue weighted by atomic mass is 79.9. The Kier molecular flexibility index (Phi) is 5.17. The number of aromatic nitrogens is 2. The molecule has 0 aliphatic carbocycles. The molecule has 108 valence electrons. The van der Waals surface area contributed by atoms with Crippen LogP contribution in [-0.4, -0.2) is 16.7 Å². The normalized spacial score (nSPS) is 12.4. The molecule has 3 N–H and O–H groups in total. The molecular formula is C14H19BrN4O. The van der Waals surface area contributed by atoms with Crippen molar-refractivity contribution in [1.29, 1.82) is 0 Å². The van der Waals surface area contributed by atoms with Gasteiger partial charge in [-0.25, -0.2) is 4.98 Å². The van der Waals surface area contributed by atoms with E-state index in [9.17, 15) is 0 Å². The predicted octanol–water partition coefficient (Wildman–Crippen LogP) is 2.33. The van der Waals surface area contributed by atoms with Gasteiger partial charge in [-0.15, -0.1) is 0 Å². The molecule has 0 fully saturated rings. The summed E-state index contributed by atoms with van der Waals surface area (Å²) < 4.78 is 8.31. The van der Waals surface area contributed by atoms with Gasteiger partial charge in [0.15, 0.2) is 0 Å². The molecule has 0 aliphatic rings. The van der Waals surface area contributed by atoms with E-state index in [1.807, 2.05) is 42.2 Å². The quantitative estimate of drug-likeness (QED) is 0.626. The summed E-state index contributed by atoms with van der Waals surface area (Å²) in [6, 6.07) is 5.92. The van der Waals surface area contributed by atoms with Crippen LogP contribution in [0.2, 0.25) is 0 Å². The molecule has 1 heterocycles. The van der Waals surface area contributed by atoms with E-state index in [1.165, 1.54) is 0 Å². The van der Waals surface area contributed by atoms with E-state index in [0.717, 1.165) is 34.5 Å². The zero-order valence-corrected chi connectivity index (χ0v) is 13.2. The fraction of sp³-hybridized carbons (Fsp3) is 0.357. The zero-order valence-electron chi connectivity index (χ0n) is 11.6. The number of hydrogen-bond acceptors (Lipinski definition) is 4. The highest BCUT2D eigenvalue weighted by Gasteiger charge is 2.15. The van der Waals surface area contributed by atoms with E-state index >= 15 is 0 Å². The van der Waals surface area contributed by atoms with Crippen molar-refractivity contribution in [2.45, 2.75) is 18.9 Å². The number of aryl methyl sites for hydroxylation is 2. The van der Waals surface area contributed by atoms with Gasteiger partial charge < -0.3 is 9.30 Å². The number of hydrazine groups is 1. The van der Waals surface area contributed by atoms with E-state index in [1.54, 1.807) is 7.11 Å². The Morgan fingerprint density at radius 3 is 2.90 bits per heavy atom. The molecule has 6 heteroatoms. The Balaban J connectivity index is 2.13. The minimum Gasteiger partial charge on any atom is -0.497 e. The largest absolute Gasteiger partial charge is 0.497 e. The molecule has 0 saturated carbocycles. The van der Waals surface area contributed by atoms with Crippen molar-refractivity contribution in [2.24, 2.45) is 12.9 Å². The average molecular weight is 339 g/mol. The topological polar surface area (TPSA) is 65.1 Å². The van der Waals surface area contributed by atoms with Gasteiger partial charge in [-0.3, -0.25) is 11.3 Å². The van der Waals surface area contributed by atoms with Crippen molar-refractivity contribution < 1.29 is 4.74 Å². The minimum atomic E-state index is 0.0381. The number of halogens is 1. The molecule has 1 atom stereocenters. The Bertz CT molecular complexity index is 570. The van der Waals surface area contributed by atoms with Gasteiger partial charge in [0.2, 0.25) is 0 Å². The first-order valence-electron chi connectivity index (χ1n) is 6.41.